The number of nitrogen functional groups attached to an aromatic ring is 1. The van der Waals surface area contributed by atoms with Crippen LogP contribution in [-0.2, 0) is 6.18 Å². The molecule has 2 heterocycles. The lowest BCUT2D eigenvalue weighted by Gasteiger charge is -2.07. The second kappa shape index (κ2) is 4.33. The number of nitrogens with zero attached hydrogens (tertiary/aromatic N) is 3. The highest BCUT2D eigenvalue weighted by Gasteiger charge is 2.32. The molecule has 1 aromatic carbocycles. The van der Waals surface area contributed by atoms with Crippen molar-refractivity contribution < 1.29 is 13.2 Å². The van der Waals surface area contributed by atoms with Gasteiger partial charge >= 0.3 is 6.18 Å². The zero-order valence-electron chi connectivity index (χ0n) is 10.3. The smallest absolute Gasteiger partial charge is 0.397 e. The first kappa shape index (κ1) is 13.2. The third kappa shape index (κ3) is 2.22. The molecule has 0 atom stereocenters. The molecule has 0 aliphatic heterocycles. The van der Waals surface area contributed by atoms with Gasteiger partial charge in [-0.3, -0.25) is 4.79 Å². The van der Waals surface area contributed by atoms with E-state index in [9.17, 15) is 18.0 Å². The Hall–Kier alpha value is -2.84. The molecule has 0 unspecified atom stereocenters. The SMILES string of the molecule is Nc1cc2c(=O)[nH]cnc2cc1-n1cc(C(F)(F)F)cn1. The van der Waals surface area contributed by atoms with Crippen molar-refractivity contribution in [2.24, 2.45) is 0 Å². The second-order valence-corrected chi connectivity index (χ2v) is 4.33. The number of benzene rings is 1. The molecule has 0 spiro atoms. The van der Waals surface area contributed by atoms with E-state index in [4.69, 9.17) is 5.73 Å². The minimum Gasteiger partial charge on any atom is -0.397 e. The summed E-state index contributed by atoms with van der Waals surface area (Å²) in [4.78, 5) is 17.9. The molecule has 0 saturated heterocycles. The summed E-state index contributed by atoms with van der Waals surface area (Å²) in [6, 6.07) is 2.76. The van der Waals surface area contributed by atoms with Gasteiger partial charge in [-0.05, 0) is 12.1 Å². The maximum atomic E-state index is 12.6. The minimum atomic E-state index is -4.49. The number of hydrogen-bond acceptors (Lipinski definition) is 4. The number of rotatable bonds is 1. The Labute approximate surface area is 115 Å². The monoisotopic (exact) mass is 295 g/mol. The largest absolute Gasteiger partial charge is 0.419 e. The van der Waals surface area contributed by atoms with E-state index in [0.29, 0.717) is 11.7 Å². The molecule has 0 radical (unpaired) electrons. The molecule has 108 valence electrons. The summed E-state index contributed by atoms with van der Waals surface area (Å²) in [5.41, 5.74) is 5.17. The topological polar surface area (TPSA) is 89.6 Å². The summed E-state index contributed by atoms with van der Waals surface area (Å²) in [7, 11) is 0. The van der Waals surface area contributed by atoms with E-state index in [1.165, 1.54) is 18.5 Å². The van der Waals surface area contributed by atoms with Gasteiger partial charge in [-0.15, -0.1) is 0 Å². The molecule has 0 fully saturated rings. The summed E-state index contributed by atoms with van der Waals surface area (Å²) in [6.07, 6.45) is -1.76. The zero-order chi connectivity index (χ0) is 15.2. The minimum absolute atomic E-state index is 0.123. The molecule has 9 heteroatoms. The number of halogens is 3. The Bertz CT molecular complexity index is 880. The van der Waals surface area contributed by atoms with Crippen LogP contribution >= 0.6 is 0 Å². The van der Waals surface area contributed by atoms with E-state index in [0.717, 1.165) is 10.9 Å². The van der Waals surface area contributed by atoms with E-state index in [1.54, 1.807) is 0 Å². The quantitative estimate of drug-likeness (QED) is 0.669. The number of nitrogens with two attached hydrogens (primary N) is 1. The highest BCUT2D eigenvalue weighted by Crippen LogP contribution is 2.30. The van der Waals surface area contributed by atoms with Crippen LogP contribution in [0.15, 0.2) is 35.6 Å². The molecule has 0 aliphatic rings. The lowest BCUT2D eigenvalue weighted by atomic mass is 10.2. The molecular weight excluding hydrogens is 287 g/mol. The number of hydrogen-bond donors (Lipinski definition) is 2. The first-order valence-electron chi connectivity index (χ1n) is 5.75. The Balaban J connectivity index is 2.19. The van der Waals surface area contributed by atoms with Gasteiger partial charge in [0.25, 0.3) is 5.56 Å². The van der Waals surface area contributed by atoms with Gasteiger partial charge in [0.1, 0.15) is 0 Å². The van der Waals surface area contributed by atoms with Gasteiger partial charge in [0, 0.05) is 6.20 Å². The zero-order valence-corrected chi connectivity index (χ0v) is 10.3. The van der Waals surface area contributed by atoms with Gasteiger partial charge in [0.2, 0.25) is 0 Å². The van der Waals surface area contributed by atoms with Crippen LogP contribution in [0.4, 0.5) is 18.9 Å². The fourth-order valence-corrected chi connectivity index (χ4v) is 1.92. The Morgan fingerprint density at radius 3 is 2.71 bits per heavy atom. The second-order valence-electron chi connectivity index (χ2n) is 4.33. The summed E-state index contributed by atoms with van der Waals surface area (Å²) < 4.78 is 38.7. The van der Waals surface area contributed by atoms with E-state index >= 15 is 0 Å². The van der Waals surface area contributed by atoms with Crippen LogP contribution in [0.5, 0.6) is 0 Å². The van der Waals surface area contributed by atoms with Crippen LogP contribution < -0.4 is 11.3 Å². The molecule has 0 bridgehead atoms. The third-order valence-electron chi connectivity index (χ3n) is 2.95. The molecule has 3 N–H and O–H groups in total. The van der Waals surface area contributed by atoms with Crippen molar-refractivity contribution in [1.29, 1.82) is 0 Å². The predicted molar refractivity (Wildman–Crippen MR) is 68.9 cm³/mol. The molecule has 2 aromatic heterocycles. The average molecular weight is 295 g/mol. The number of H-pyrrole nitrogens is 1. The summed E-state index contributed by atoms with van der Waals surface area (Å²) >= 11 is 0. The summed E-state index contributed by atoms with van der Waals surface area (Å²) in [6.45, 7) is 0. The van der Waals surface area contributed by atoms with Crippen LogP contribution in [0, 0.1) is 0 Å². The number of aromatic amines is 1. The van der Waals surface area contributed by atoms with E-state index in [2.05, 4.69) is 15.1 Å². The molecule has 3 rings (SSSR count). The molecule has 21 heavy (non-hydrogen) atoms. The highest BCUT2D eigenvalue weighted by molar-refractivity contribution is 5.85. The van der Waals surface area contributed by atoms with Gasteiger partial charge < -0.3 is 10.7 Å². The number of anilines is 1. The Morgan fingerprint density at radius 2 is 2.05 bits per heavy atom. The van der Waals surface area contributed by atoms with Crippen molar-refractivity contribution in [3.8, 4) is 5.69 Å². The van der Waals surface area contributed by atoms with Crippen LogP contribution in [0.1, 0.15) is 5.56 Å². The molecule has 0 aliphatic carbocycles. The third-order valence-corrected chi connectivity index (χ3v) is 2.95. The number of aromatic nitrogens is 4. The van der Waals surface area contributed by atoms with E-state index < -0.39 is 11.7 Å². The fourth-order valence-electron chi connectivity index (χ4n) is 1.92. The first-order valence-corrected chi connectivity index (χ1v) is 5.75. The fraction of sp³-hybridized carbons (Fsp3) is 0.0833. The van der Waals surface area contributed by atoms with Crippen molar-refractivity contribution in [1.82, 2.24) is 19.7 Å². The summed E-state index contributed by atoms with van der Waals surface area (Å²) in [5.74, 6) is 0. The molecule has 3 aromatic rings. The predicted octanol–water partition coefficient (Wildman–Crippen LogP) is 1.71. The van der Waals surface area contributed by atoms with Crippen molar-refractivity contribution in [3.05, 3.63) is 46.8 Å². The summed E-state index contributed by atoms with van der Waals surface area (Å²) in [5, 5.41) is 3.90. The van der Waals surface area contributed by atoms with Crippen molar-refractivity contribution in [2.45, 2.75) is 6.18 Å². The molecule has 0 amide bonds. The van der Waals surface area contributed by atoms with Crippen LogP contribution in [0.3, 0.4) is 0 Å². The van der Waals surface area contributed by atoms with Gasteiger partial charge in [-0.25, -0.2) is 9.67 Å². The van der Waals surface area contributed by atoms with Crippen LogP contribution in [-0.4, -0.2) is 19.7 Å². The standard InChI is InChI=1S/C12H8F3N5O/c13-12(14,15)6-3-19-20(4-6)10-2-9-7(1-8(10)16)11(21)18-5-17-9/h1-5H,16H2,(H,17,18,21). The van der Waals surface area contributed by atoms with Gasteiger partial charge in [-0.2, -0.15) is 18.3 Å². The van der Waals surface area contributed by atoms with Crippen LogP contribution in [0.25, 0.3) is 16.6 Å². The number of nitrogens with one attached hydrogen (secondary N) is 1. The maximum Gasteiger partial charge on any atom is 0.419 e. The van der Waals surface area contributed by atoms with Gasteiger partial charge in [0.15, 0.2) is 0 Å². The van der Waals surface area contributed by atoms with Crippen LogP contribution in [0.2, 0.25) is 0 Å². The van der Waals surface area contributed by atoms with E-state index in [-0.39, 0.29) is 22.3 Å². The Morgan fingerprint density at radius 1 is 1.29 bits per heavy atom. The molecule has 6 nitrogen and oxygen atoms in total. The van der Waals surface area contributed by atoms with Crippen molar-refractivity contribution in [2.75, 3.05) is 5.73 Å². The first-order chi connectivity index (χ1) is 9.86. The normalized spacial score (nSPS) is 12.0. The lowest BCUT2D eigenvalue weighted by molar-refractivity contribution is -0.137. The Kier molecular flexibility index (Phi) is 2.71. The van der Waals surface area contributed by atoms with Crippen molar-refractivity contribution in [3.63, 3.8) is 0 Å². The number of fused-ring (bicyclic) bond motifs is 1. The number of alkyl halides is 3. The van der Waals surface area contributed by atoms with Crippen molar-refractivity contribution >= 4 is 16.6 Å². The average Bonchev–Trinajstić information content (AvgIpc) is 2.88. The molecule has 0 saturated carbocycles. The van der Waals surface area contributed by atoms with Gasteiger partial charge in [0.05, 0.1) is 40.4 Å². The maximum absolute atomic E-state index is 12.6. The highest BCUT2D eigenvalue weighted by atomic mass is 19.4. The molecular formula is C12H8F3N5O. The van der Waals surface area contributed by atoms with Gasteiger partial charge in [-0.1, -0.05) is 0 Å². The van der Waals surface area contributed by atoms with E-state index in [1.807, 2.05) is 0 Å². The lowest BCUT2D eigenvalue weighted by Crippen LogP contribution is -2.09.